The Bertz CT molecular complexity index is 930. The molecule has 0 saturated carbocycles. The van der Waals surface area contributed by atoms with Crippen molar-refractivity contribution >= 4 is 16.1 Å². The zero-order valence-corrected chi connectivity index (χ0v) is 14.7. The molecule has 0 N–H and O–H groups in total. The van der Waals surface area contributed by atoms with E-state index in [4.69, 9.17) is 10.00 Å². The van der Waals surface area contributed by atoms with Crippen molar-refractivity contribution in [3.05, 3.63) is 60.2 Å². The molecule has 0 unspecified atom stereocenters. The van der Waals surface area contributed by atoms with Crippen molar-refractivity contribution in [2.45, 2.75) is 4.90 Å². The van der Waals surface area contributed by atoms with Crippen molar-refractivity contribution in [1.82, 2.24) is 9.21 Å². The van der Waals surface area contributed by atoms with E-state index in [-0.39, 0.29) is 36.6 Å². The lowest BCUT2D eigenvalue weighted by Crippen LogP contribution is -2.51. The smallest absolute Gasteiger partial charge is 0.410 e. The van der Waals surface area contributed by atoms with E-state index in [2.05, 4.69) is 0 Å². The summed E-state index contributed by atoms with van der Waals surface area (Å²) >= 11 is 0. The molecule has 0 atom stereocenters. The first-order valence-corrected chi connectivity index (χ1v) is 9.47. The zero-order chi connectivity index (χ0) is 18.6. The number of rotatable bonds is 3. The van der Waals surface area contributed by atoms with Gasteiger partial charge < -0.3 is 9.64 Å². The highest BCUT2D eigenvalue weighted by Gasteiger charge is 2.32. The number of benzene rings is 2. The molecule has 1 fully saturated rings. The van der Waals surface area contributed by atoms with E-state index in [1.807, 2.05) is 12.1 Å². The van der Waals surface area contributed by atoms with Crippen molar-refractivity contribution in [1.29, 1.82) is 5.26 Å². The SMILES string of the molecule is N#Cc1ccccc1S(=O)(=O)N1CCN(C(=O)Oc2ccccc2)CC1. The molecule has 0 radical (unpaired) electrons. The number of sulfonamides is 1. The highest BCUT2D eigenvalue weighted by atomic mass is 32.2. The van der Waals surface area contributed by atoms with Gasteiger partial charge >= 0.3 is 6.09 Å². The van der Waals surface area contributed by atoms with Crippen LogP contribution in [-0.4, -0.2) is 49.9 Å². The van der Waals surface area contributed by atoms with Gasteiger partial charge in [0.15, 0.2) is 0 Å². The fourth-order valence-electron chi connectivity index (χ4n) is 2.69. The lowest BCUT2D eigenvalue weighted by atomic mass is 10.2. The van der Waals surface area contributed by atoms with Crippen molar-refractivity contribution in [2.75, 3.05) is 26.2 Å². The predicted molar refractivity (Wildman–Crippen MR) is 94.0 cm³/mol. The maximum atomic E-state index is 12.8. The zero-order valence-electron chi connectivity index (χ0n) is 13.9. The van der Waals surface area contributed by atoms with E-state index in [0.717, 1.165) is 0 Å². The van der Waals surface area contributed by atoms with Gasteiger partial charge in [0.1, 0.15) is 11.8 Å². The van der Waals surface area contributed by atoms with Gasteiger partial charge in [0.25, 0.3) is 0 Å². The Morgan fingerprint density at radius 3 is 2.23 bits per heavy atom. The van der Waals surface area contributed by atoms with E-state index in [9.17, 15) is 13.2 Å². The molecule has 7 nitrogen and oxygen atoms in total. The van der Waals surface area contributed by atoms with Crippen LogP contribution in [0, 0.1) is 11.3 Å². The Morgan fingerprint density at radius 1 is 0.962 bits per heavy atom. The molecule has 1 heterocycles. The second kappa shape index (κ2) is 7.56. The number of carbonyl (C=O) groups is 1. The van der Waals surface area contributed by atoms with Crippen LogP contribution < -0.4 is 4.74 Å². The maximum absolute atomic E-state index is 12.8. The summed E-state index contributed by atoms with van der Waals surface area (Å²) in [7, 11) is -3.78. The van der Waals surface area contributed by atoms with Gasteiger partial charge in [-0.2, -0.15) is 9.57 Å². The molecule has 2 aromatic carbocycles. The van der Waals surface area contributed by atoms with Gasteiger partial charge in [-0.15, -0.1) is 0 Å². The van der Waals surface area contributed by atoms with Crippen LogP contribution >= 0.6 is 0 Å². The topological polar surface area (TPSA) is 90.7 Å². The fraction of sp³-hybridized carbons (Fsp3) is 0.222. The lowest BCUT2D eigenvalue weighted by Gasteiger charge is -2.33. The number of hydrogen-bond donors (Lipinski definition) is 0. The molecule has 1 saturated heterocycles. The average molecular weight is 371 g/mol. The number of nitriles is 1. The predicted octanol–water partition coefficient (Wildman–Crippen LogP) is 2.06. The van der Waals surface area contributed by atoms with Crippen LogP contribution in [0.15, 0.2) is 59.5 Å². The third-order valence-electron chi connectivity index (χ3n) is 4.07. The number of para-hydroxylation sites is 1. The molecule has 0 spiro atoms. The van der Waals surface area contributed by atoms with Crippen molar-refractivity contribution in [3.8, 4) is 11.8 Å². The number of nitrogens with zero attached hydrogens (tertiary/aromatic N) is 3. The van der Waals surface area contributed by atoms with E-state index in [0.29, 0.717) is 5.75 Å². The Hall–Kier alpha value is -2.89. The minimum Gasteiger partial charge on any atom is -0.410 e. The van der Waals surface area contributed by atoms with E-state index in [1.54, 1.807) is 36.4 Å². The summed E-state index contributed by atoms with van der Waals surface area (Å²) in [4.78, 5) is 13.6. The van der Waals surface area contributed by atoms with Crippen LogP contribution in [0.2, 0.25) is 0 Å². The molecule has 1 amide bonds. The molecule has 8 heteroatoms. The third kappa shape index (κ3) is 3.69. The molecule has 0 bridgehead atoms. The maximum Gasteiger partial charge on any atom is 0.415 e. The van der Waals surface area contributed by atoms with Gasteiger partial charge in [-0.05, 0) is 24.3 Å². The van der Waals surface area contributed by atoms with Crippen LogP contribution in [0.3, 0.4) is 0 Å². The summed E-state index contributed by atoms with van der Waals surface area (Å²) in [6, 6.07) is 16.7. The van der Waals surface area contributed by atoms with Crippen LogP contribution in [0.5, 0.6) is 5.75 Å². The minimum atomic E-state index is -3.78. The summed E-state index contributed by atoms with van der Waals surface area (Å²) in [5, 5.41) is 9.13. The summed E-state index contributed by atoms with van der Waals surface area (Å²) < 4.78 is 32.1. The van der Waals surface area contributed by atoms with Gasteiger partial charge in [-0.1, -0.05) is 30.3 Å². The monoisotopic (exact) mass is 371 g/mol. The molecule has 26 heavy (non-hydrogen) atoms. The summed E-state index contributed by atoms with van der Waals surface area (Å²) in [5.74, 6) is 0.440. The molecule has 134 valence electrons. The largest absolute Gasteiger partial charge is 0.415 e. The number of piperazine rings is 1. The van der Waals surface area contributed by atoms with Crippen molar-refractivity contribution in [3.63, 3.8) is 0 Å². The lowest BCUT2D eigenvalue weighted by molar-refractivity contribution is 0.132. The first kappa shape index (κ1) is 17.9. The summed E-state index contributed by atoms with van der Waals surface area (Å²) in [6.07, 6.45) is -0.509. The Kier molecular flexibility index (Phi) is 5.21. The third-order valence-corrected chi connectivity index (χ3v) is 6.03. The molecule has 3 rings (SSSR count). The molecular formula is C18H17N3O4S. The van der Waals surface area contributed by atoms with Crippen molar-refractivity contribution < 1.29 is 17.9 Å². The number of amides is 1. The molecule has 2 aromatic rings. The van der Waals surface area contributed by atoms with Gasteiger partial charge in [0, 0.05) is 26.2 Å². The minimum absolute atomic E-state index is 0.0113. The van der Waals surface area contributed by atoms with Gasteiger partial charge in [-0.3, -0.25) is 0 Å². The highest BCUT2D eigenvalue weighted by Crippen LogP contribution is 2.21. The molecule has 1 aliphatic heterocycles. The number of ether oxygens (including phenoxy) is 1. The van der Waals surface area contributed by atoms with E-state index >= 15 is 0 Å². The number of carbonyl (C=O) groups excluding carboxylic acids is 1. The van der Waals surface area contributed by atoms with Gasteiger partial charge in [0.2, 0.25) is 10.0 Å². The van der Waals surface area contributed by atoms with Crippen LogP contribution in [0.4, 0.5) is 4.79 Å². The Labute approximate surface area is 152 Å². The second-order valence-electron chi connectivity index (χ2n) is 5.68. The van der Waals surface area contributed by atoms with E-state index < -0.39 is 16.1 Å². The molecule has 0 aromatic heterocycles. The van der Waals surface area contributed by atoms with Gasteiger partial charge in [0.05, 0.1) is 10.5 Å². The summed E-state index contributed by atoms with van der Waals surface area (Å²) in [5.41, 5.74) is 0.110. The molecule has 1 aliphatic rings. The molecule has 0 aliphatic carbocycles. The first-order valence-electron chi connectivity index (χ1n) is 8.03. The summed E-state index contributed by atoms with van der Waals surface area (Å²) in [6.45, 7) is 0.733. The van der Waals surface area contributed by atoms with E-state index in [1.165, 1.54) is 21.3 Å². The first-order chi connectivity index (χ1) is 12.5. The second-order valence-corrected chi connectivity index (χ2v) is 7.59. The van der Waals surface area contributed by atoms with Crippen LogP contribution in [0.1, 0.15) is 5.56 Å². The Balaban J connectivity index is 1.66. The average Bonchev–Trinajstić information content (AvgIpc) is 2.68. The highest BCUT2D eigenvalue weighted by molar-refractivity contribution is 7.89. The van der Waals surface area contributed by atoms with Crippen molar-refractivity contribution in [2.24, 2.45) is 0 Å². The quantitative estimate of drug-likeness (QED) is 0.824. The van der Waals surface area contributed by atoms with Crippen LogP contribution in [-0.2, 0) is 10.0 Å². The normalized spacial score (nSPS) is 15.3. The standard InChI is InChI=1S/C18H17N3O4S/c19-14-15-6-4-5-9-17(15)26(23,24)21-12-10-20(11-13-21)18(22)25-16-7-2-1-3-8-16/h1-9H,10-13H2. The Morgan fingerprint density at radius 2 is 1.58 bits per heavy atom. The number of hydrogen-bond acceptors (Lipinski definition) is 5. The van der Waals surface area contributed by atoms with Crippen LogP contribution in [0.25, 0.3) is 0 Å². The van der Waals surface area contributed by atoms with Gasteiger partial charge in [-0.25, -0.2) is 13.2 Å². The molecular weight excluding hydrogens is 354 g/mol. The fourth-order valence-corrected chi connectivity index (χ4v) is 4.25.